The van der Waals surface area contributed by atoms with E-state index in [1.54, 1.807) is 12.1 Å². The Labute approximate surface area is 125 Å². The second kappa shape index (κ2) is 8.00. The van der Waals surface area contributed by atoms with Crippen LogP contribution in [0.1, 0.15) is 29.6 Å². The molecule has 0 N–H and O–H groups in total. The first-order chi connectivity index (χ1) is 10.2. The van der Waals surface area contributed by atoms with Gasteiger partial charge in [0.05, 0.1) is 12.2 Å². The number of hydrogen-bond donors (Lipinski definition) is 0. The molecule has 1 atom stereocenters. The third kappa shape index (κ3) is 5.02. The zero-order chi connectivity index (χ0) is 15.1. The lowest BCUT2D eigenvalue weighted by Gasteiger charge is -2.23. The number of ether oxygens (including phenoxy) is 3. The summed E-state index contributed by atoms with van der Waals surface area (Å²) in [6.07, 6.45) is 3.66. The summed E-state index contributed by atoms with van der Waals surface area (Å²) < 4.78 is 16.9. The van der Waals surface area contributed by atoms with Gasteiger partial charge >= 0.3 is 0 Å². The summed E-state index contributed by atoms with van der Waals surface area (Å²) in [6, 6.07) is 5.30. The van der Waals surface area contributed by atoms with Crippen LogP contribution in [0.2, 0.25) is 0 Å². The predicted octanol–water partition coefficient (Wildman–Crippen LogP) is 2.34. The minimum absolute atomic E-state index is 0.209. The molecular formula is C16H23NO4. The number of hydrogen-bond acceptors (Lipinski definition) is 5. The van der Waals surface area contributed by atoms with E-state index in [2.05, 4.69) is 0 Å². The topological polar surface area (TPSA) is 48.0 Å². The van der Waals surface area contributed by atoms with Gasteiger partial charge in [-0.2, -0.15) is 0 Å². The smallest absolute Gasteiger partial charge is 0.199 e. The quantitative estimate of drug-likeness (QED) is 0.722. The Kier molecular flexibility index (Phi) is 6.02. The van der Waals surface area contributed by atoms with Crippen molar-refractivity contribution in [1.82, 2.24) is 4.90 Å². The predicted molar refractivity (Wildman–Crippen MR) is 80.1 cm³/mol. The maximum absolute atomic E-state index is 11.2. The van der Waals surface area contributed by atoms with Crippen LogP contribution < -0.4 is 9.47 Å². The van der Waals surface area contributed by atoms with E-state index in [4.69, 9.17) is 14.2 Å². The van der Waals surface area contributed by atoms with Crippen LogP contribution in [0.4, 0.5) is 0 Å². The van der Waals surface area contributed by atoms with Gasteiger partial charge in [0.1, 0.15) is 18.1 Å². The van der Waals surface area contributed by atoms with Crippen LogP contribution >= 0.6 is 0 Å². The molecule has 1 aliphatic heterocycles. The molecule has 1 unspecified atom stereocenters. The average molecular weight is 293 g/mol. The fourth-order valence-corrected chi connectivity index (χ4v) is 2.12. The molecular weight excluding hydrogens is 270 g/mol. The lowest BCUT2D eigenvalue weighted by Crippen LogP contribution is -2.25. The Morgan fingerprint density at radius 3 is 2.90 bits per heavy atom. The van der Waals surface area contributed by atoms with Gasteiger partial charge in [0, 0.05) is 13.0 Å². The molecule has 5 heteroatoms. The fourth-order valence-electron chi connectivity index (χ4n) is 2.12. The maximum atomic E-state index is 11.2. The van der Waals surface area contributed by atoms with Crippen molar-refractivity contribution in [2.75, 3.05) is 33.9 Å². The van der Waals surface area contributed by atoms with E-state index in [0.29, 0.717) is 23.7 Å². The highest BCUT2D eigenvalue weighted by Crippen LogP contribution is 2.25. The molecule has 1 aliphatic rings. The second-order valence-corrected chi connectivity index (χ2v) is 5.38. The van der Waals surface area contributed by atoms with E-state index < -0.39 is 0 Å². The van der Waals surface area contributed by atoms with Gasteiger partial charge in [0.25, 0.3) is 0 Å². The van der Waals surface area contributed by atoms with Crippen LogP contribution in [0.25, 0.3) is 0 Å². The molecule has 0 amide bonds. The number of carbonyl (C=O) groups excluding carboxylic acids is 1. The number of nitrogens with zero attached hydrogens (tertiary/aromatic N) is 1. The van der Waals surface area contributed by atoms with Crippen molar-refractivity contribution < 1.29 is 19.0 Å². The van der Waals surface area contributed by atoms with E-state index >= 15 is 0 Å². The number of aldehydes is 1. The highest BCUT2D eigenvalue weighted by atomic mass is 16.7. The van der Waals surface area contributed by atoms with Crippen molar-refractivity contribution in [3.8, 4) is 11.5 Å². The third-order valence-corrected chi connectivity index (χ3v) is 3.31. The van der Waals surface area contributed by atoms with E-state index in [-0.39, 0.29) is 6.29 Å². The van der Waals surface area contributed by atoms with Crippen molar-refractivity contribution in [3.63, 3.8) is 0 Å². The van der Waals surface area contributed by atoms with E-state index in [1.807, 2.05) is 25.1 Å². The van der Waals surface area contributed by atoms with Crippen LogP contribution in [0.5, 0.6) is 11.5 Å². The normalized spacial score (nSPS) is 18.5. The Morgan fingerprint density at radius 1 is 1.38 bits per heavy atom. The number of likely N-dealkylation sites (N-methyl/N-ethyl adjacent to an activating group) is 1. The second-order valence-electron chi connectivity index (χ2n) is 5.38. The minimum Gasteiger partial charge on any atom is -0.492 e. The number of rotatable bonds is 7. The summed E-state index contributed by atoms with van der Waals surface area (Å²) in [5.74, 6) is 1.23. The van der Waals surface area contributed by atoms with Gasteiger partial charge in [-0.1, -0.05) is 0 Å². The Balaban J connectivity index is 1.96. The summed E-state index contributed by atoms with van der Waals surface area (Å²) in [6.45, 7) is 2.07. The molecule has 1 aromatic rings. The fraction of sp³-hybridized carbons (Fsp3) is 0.562. The molecule has 0 radical (unpaired) electrons. The van der Waals surface area contributed by atoms with Gasteiger partial charge in [-0.25, -0.2) is 0 Å². The molecule has 0 aromatic heterocycles. The molecule has 0 spiro atoms. The van der Waals surface area contributed by atoms with Gasteiger partial charge < -0.3 is 19.1 Å². The molecule has 2 rings (SSSR count). The lowest BCUT2D eigenvalue weighted by molar-refractivity contribution is -0.105. The Morgan fingerprint density at radius 2 is 2.24 bits per heavy atom. The number of benzene rings is 1. The zero-order valence-corrected chi connectivity index (χ0v) is 12.7. The van der Waals surface area contributed by atoms with Crippen molar-refractivity contribution in [1.29, 1.82) is 0 Å². The highest BCUT2D eigenvalue weighted by Gasteiger charge is 2.16. The van der Waals surface area contributed by atoms with Crippen LogP contribution in [0.3, 0.4) is 0 Å². The maximum Gasteiger partial charge on any atom is 0.199 e. The summed E-state index contributed by atoms with van der Waals surface area (Å²) in [4.78, 5) is 13.2. The first-order valence-electron chi connectivity index (χ1n) is 7.34. The Bertz CT molecular complexity index is 456. The molecule has 1 aromatic carbocycles. The number of carbonyl (C=O) groups is 1. The van der Waals surface area contributed by atoms with Crippen molar-refractivity contribution in [2.45, 2.75) is 25.6 Å². The summed E-state index contributed by atoms with van der Waals surface area (Å²) >= 11 is 0. The summed E-state index contributed by atoms with van der Waals surface area (Å²) in [5.41, 5.74) is 0.502. The Hall–Kier alpha value is -1.59. The molecule has 0 aliphatic carbocycles. The van der Waals surface area contributed by atoms with Gasteiger partial charge in [-0.05, 0) is 45.1 Å². The van der Waals surface area contributed by atoms with E-state index in [0.717, 1.165) is 38.7 Å². The van der Waals surface area contributed by atoms with Gasteiger partial charge in [-0.3, -0.25) is 4.79 Å². The summed E-state index contributed by atoms with van der Waals surface area (Å²) in [5, 5.41) is 0. The summed E-state index contributed by atoms with van der Waals surface area (Å²) in [7, 11) is 3.95. The molecule has 0 bridgehead atoms. The van der Waals surface area contributed by atoms with Crippen LogP contribution in [0.15, 0.2) is 18.2 Å². The molecule has 1 heterocycles. The van der Waals surface area contributed by atoms with Crippen molar-refractivity contribution in [3.05, 3.63) is 23.8 Å². The van der Waals surface area contributed by atoms with E-state index in [1.165, 1.54) is 0 Å². The first kappa shape index (κ1) is 15.8. The minimum atomic E-state index is -0.209. The third-order valence-electron chi connectivity index (χ3n) is 3.31. The standard InChI is InChI=1S/C16H23NO4/c1-17(2)8-10-19-15-7-6-14(11-13(15)12-18)21-16-5-3-4-9-20-16/h6-7,11-12,16H,3-5,8-10H2,1-2H3. The van der Waals surface area contributed by atoms with Gasteiger partial charge in [-0.15, -0.1) is 0 Å². The molecule has 0 saturated carbocycles. The van der Waals surface area contributed by atoms with E-state index in [9.17, 15) is 4.79 Å². The van der Waals surface area contributed by atoms with Crippen molar-refractivity contribution >= 4 is 6.29 Å². The lowest BCUT2D eigenvalue weighted by atomic mass is 10.2. The SMILES string of the molecule is CN(C)CCOc1ccc(OC2CCCCO2)cc1C=O. The highest BCUT2D eigenvalue weighted by molar-refractivity contribution is 5.80. The molecule has 1 saturated heterocycles. The average Bonchev–Trinajstić information content (AvgIpc) is 2.49. The van der Waals surface area contributed by atoms with Gasteiger partial charge in [0.2, 0.25) is 0 Å². The van der Waals surface area contributed by atoms with Gasteiger partial charge in [0.15, 0.2) is 12.6 Å². The largest absolute Gasteiger partial charge is 0.492 e. The molecule has 21 heavy (non-hydrogen) atoms. The van der Waals surface area contributed by atoms with Crippen molar-refractivity contribution in [2.24, 2.45) is 0 Å². The first-order valence-corrected chi connectivity index (χ1v) is 7.34. The van der Waals surface area contributed by atoms with Crippen LogP contribution in [-0.4, -0.2) is 51.3 Å². The molecule has 5 nitrogen and oxygen atoms in total. The monoisotopic (exact) mass is 293 g/mol. The molecule has 1 fully saturated rings. The zero-order valence-electron chi connectivity index (χ0n) is 12.7. The van der Waals surface area contributed by atoms with Crippen LogP contribution in [0, 0.1) is 0 Å². The van der Waals surface area contributed by atoms with Crippen LogP contribution in [-0.2, 0) is 4.74 Å². The molecule has 116 valence electrons.